The molecule has 4 aromatic rings. The first-order chi connectivity index (χ1) is 27.5. The van der Waals surface area contributed by atoms with E-state index in [1.54, 1.807) is 13.1 Å². The van der Waals surface area contributed by atoms with Gasteiger partial charge in [-0.3, -0.25) is 14.4 Å². The lowest BCUT2D eigenvalue weighted by Gasteiger charge is -2.53. The van der Waals surface area contributed by atoms with Gasteiger partial charge in [0.05, 0.1) is 24.4 Å². The average Bonchev–Trinajstić information content (AvgIpc) is 3.83. The minimum absolute atomic E-state index is 0.130. The molecule has 0 aromatic carbocycles. The molecule has 0 radical (unpaired) electrons. The molecular formula is C35H36F9N9O6. The molecule has 6 rings (SSSR count). The summed E-state index contributed by atoms with van der Waals surface area (Å²) >= 11 is 0. The zero-order valence-corrected chi connectivity index (χ0v) is 31.0. The van der Waals surface area contributed by atoms with E-state index >= 15 is 0 Å². The lowest BCUT2D eigenvalue weighted by molar-refractivity contribution is -0.193. The number of amides is 1. The molecule has 1 aliphatic heterocycles. The van der Waals surface area contributed by atoms with E-state index < -0.39 is 47.6 Å². The first kappa shape index (κ1) is 45.7. The molecule has 4 aromatic heterocycles. The summed E-state index contributed by atoms with van der Waals surface area (Å²) in [7, 11) is 0. The van der Waals surface area contributed by atoms with Gasteiger partial charge in [0.25, 0.3) is 5.91 Å². The van der Waals surface area contributed by atoms with Gasteiger partial charge in [-0.25, -0.2) is 24.5 Å². The van der Waals surface area contributed by atoms with Gasteiger partial charge < -0.3 is 25.3 Å². The van der Waals surface area contributed by atoms with Crippen LogP contribution in [0.25, 0.3) is 22.3 Å². The molecule has 2 aliphatic rings. The fraction of sp³-hybridized carbons (Fsp3) is 0.486. The van der Waals surface area contributed by atoms with E-state index in [4.69, 9.17) is 24.5 Å². The van der Waals surface area contributed by atoms with Crippen LogP contribution in [-0.4, -0.2) is 106 Å². The Balaban J connectivity index is 0.000000471. The van der Waals surface area contributed by atoms with Crippen molar-refractivity contribution in [3.05, 3.63) is 54.4 Å². The molecular weight excluding hydrogens is 813 g/mol. The van der Waals surface area contributed by atoms with E-state index in [1.807, 2.05) is 30.1 Å². The number of hydrogen-bond acceptors (Lipinski definition) is 10. The van der Waals surface area contributed by atoms with E-state index in [0.717, 1.165) is 41.2 Å². The summed E-state index contributed by atoms with van der Waals surface area (Å²) in [5.41, 5.74) is 0.613. The Bertz CT molecular complexity index is 2110. The Morgan fingerprint density at radius 3 is 2.17 bits per heavy atom. The quantitative estimate of drug-likeness (QED) is 0.136. The first-order valence-electron chi connectivity index (χ1n) is 17.6. The molecule has 1 saturated heterocycles. The van der Waals surface area contributed by atoms with Crippen LogP contribution >= 0.6 is 0 Å². The third-order valence-corrected chi connectivity index (χ3v) is 9.38. The van der Waals surface area contributed by atoms with Gasteiger partial charge in [-0.15, -0.1) is 0 Å². The van der Waals surface area contributed by atoms with Crippen LogP contribution in [0.2, 0.25) is 0 Å². The topological polar surface area (TPSA) is 212 Å². The fourth-order valence-electron chi connectivity index (χ4n) is 6.21. The molecule has 1 amide bonds. The Hall–Kier alpha value is -5.99. The van der Waals surface area contributed by atoms with Crippen molar-refractivity contribution >= 4 is 28.9 Å². The van der Waals surface area contributed by atoms with Gasteiger partial charge in [-0.05, 0) is 51.2 Å². The lowest BCUT2D eigenvalue weighted by Crippen LogP contribution is -2.65. The third kappa shape index (κ3) is 11.8. The molecule has 5 heterocycles. The number of rotatable bonds is 9. The van der Waals surface area contributed by atoms with Crippen LogP contribution in [0.5, 0.6) is 5.88 Å². The number of H-pyrrole nitrogens is 1. The van der Waals surface area contributed by atoms with Crippen molar-refractivity contribution in [2.24, 2.45) is 0 Å². The second kappa shape index (κ2) is 18.3. The number of aliphatic carboxylic acids is 2. The number of carboxylic acids is 2. The number of hydrogen-bond donors (Lipinski definition) is 4. The highest BCUT2D eigenvalue weighted by atomic mass is 19.4. The summed E-state index contributed by atoms with van der Waals surface area (Å²) in [5, 5.41) is 32.1. The van der Waals surface area contributed by atoms with Crippen LogP contribution in [0.15, 0.2) is 43.1 Å². The van der Waals surface area contributed by atoms with E-state index in [0.29, 0.717) is 38.8 Å². The van der Waals surface area contributed by atoms with Crippen LogP contribution in [0, 0.1) is 11.3 Å². The predicted octanol–water partition coefficient (Wildman–Crippen LogP) is 6.34. The summed E-state index contributed by atoms with van der Waals surface area (Å²) in [6.45, 7) is 4.98. The minimum Gasteiger partial charge on any atom is -0.475 e. The highest BCUT2D eigenvalue weighted by Gasteiger charge is 2.48. The number of fused-ring (bicyclic) bond motifs is 1. The molecule has 1 saturated carbocycles. The normalized spacial score (nSPS) is 18.5. The molecule has 4 N–H and O–H groups in total. The number of likely N-dealkylation sites (tertiary alicyclic amines) is 1. The Kier molecular flexibility index (Phi) is 14.2. The van der Waals surface area contributed by atoms with Crippen molar-refractivity contribution in [1.82, 2.24) is 39.9 Å². The summed E-state index contributed by atoms with van der Waals surface area (Å²) in [5.74, 6) is -6.31. The Morgan fingerprint density at radius 2 is 1.63 bits per heavy atom. The van der Waals surface area contributed by atoms with Gasteiger partial charge in [-0.2, -0.15) is 49.9 Å². The van der Waals surface area contributed by atoms with Gasteiger partial charge in [-0.1, -0.05) is 6.92 Å². The first-order valence-corrected chi connectivity index (χ1v) is 17.6. The van der Waals surface area contributed by atoms with Crippen molar-refractivity contribution in [3.63, 3.8) is 0 Å². The van der Waals surface area contributed by atoms with Crippen molar-refractivity contribution in [1.29, 1.82) is 5.26 Å². The third-order valence-electron chi connectivity index (χ3n) is 9.38. The zero-order chi connectivity index (χ0) is 43.9. The molecule has 0 spiro atoms. The number of nitriles is 1. The molecule has 1 aliphatic carbocycles. The van der Waals surface area contributed by atoms with Crippen molar-refractivity contribution in [3.8, 4) is 23.2 Å². The van der Waals surface area contributed by atoms with E-state index in [2.05, 4.69) is 41.3 Å². The monoisotopic (exact) mass is 849 g/mol. The number of halogens is 9. The van der Waals surface area contributed by atoms with Gasteiger partial charge in [0.15, 0.2) is 0 Å². The average molecular weight is 850 g/mol. The molecule has 59 heavy (non-hydrogen) atoms. The van der Waals surface area contributed by atoms with Crippen LogP contribution in [-0.2, 0) is 21.3 Å². The highest BCUT2D eigenvalue weighted by Crippen LogP contribution is 2.39. The van der Waals surface area contributed by atoms with Crippen molar-refractivity contribution in [2.45, 2.75) is 94.6 Å². The van der Waals surface area contributed by atoms with Gasteiger partial charge in [0.2, 0.25) is 5.88 Å². The smallest absolute Gasteiger partial charge is 0.475 e. The Labute approximate surface area is 328 Å². The highest BCUT2D eigenvalue weighted by molar-refractivity contribution is 5.94. The van der Waals surface area contributed by atoms with Crippen LogP contribution in [0.3, 0.4) is 0 Å². The molecule has 1 atom stereocenters. The SMILES string of the molecule is CCC(C)NC(=O)c1cc(OC2CCC(N3CC(CC#N)(n4cc(-c5ncnc6[nH]ccc56)cn4)C3)CC2)nc(C(F)(F)F)c1.O=C(O)C(F)(F)F.O=C(O)C(F)(F)F. The molecule has 320 valence electrons. The molecule has 0 bridgehead atoms. The van der Waals surface area contributed by atoms with Gasteiger partial charge in [0, 0.05) is 60.1 Å². The maximum atomic E-state index is 13.6. The number of aromatic amines is 1. The van der Waals surface area contributed by atoms with E-state index in [-0.39, 0.29) is 29.6 Å². The number of nitrogens with one attached hydrogen (secondary N) is 2. The number of aromatic nitrogens is 6. The summed E-state index contributed by atoms with van der Waals surface area (Å²) < 4.78 is 112. The number of carbonyl (C=O) groups excluding carboxylic acids is 1. The Morgan fingerprint density at radius 1 is 1.02 bits per heavy atom. The molecule has 2 fully saturated rings. The predicted molar refractivity (Wildman–Crippen MR) is 185 cm³/mol. The van der Waals surface area contributed by atoms with Gasteiger partial charge in [0.1, 0.15) is 29.3 Å². The number of nitrogens with zero attached hydrogens (tertiary/aromatic N) is 7. The maximum absolute atomic E-state index is 13.6. The number of carboxylic acid groups (broad SMARTS) is 2. The number of ether oxygens (including phenoxy) is 1. The van der Waals surface area contributed by atoms with E-state index in [9.17, 15) is 49.6 Å². The van der Waals surface area contributed by atoms with E-state index in [1.165, 1.54) is 12.4 Å². The molecule has 15 nitrogen and oxygen atoms in total. The number of pyridine rings is 1. The van der Waals surface area contributed by atoms with Crippen LogP contribution in [0.1, 0.15) is 68.4 Å². The fourth-order valence-corrected chi connectivity index (χ4v) is 6.21. The largest absolute Gasteiger partial charge is 0.490 e. The molecule has 24 heteroatoms. The second-order valence-electron chi connectivity index (χ2n) is 13.6. The summed E-state index contributed by atoms with van der Waals surface area (Å²) in [6.07, 6.45) is -4.40. The second-order valence-corrected chi connectivity index (χ2v) is 13.6. The summed E-state index contributed by atoms with van der Waals surface area (Å²) in [6, 6.07) is 6.36. The number of alkyl halides is 9. The summed E-state index contributed by atoms with van der Waals surface area (Å²) in [4.78, 5) is 48.2. The lowest BCUT2D eigenvalue weighted by atomic mass is 9.82. The van der Waals surface area contributed by atoms with Crippen LogP contribution < -0.4 is 10.1 Å². The van der Waals surface area contributed by atoms with Gasteiger partial charge >= 0.3 is 30.5 Å². The van der Waals surface area contributed by atoms with Crippen LogP contribution in [0.4, 0.5) is 39.5 Å². The minimum atomic E-state index is -5.08. The van der Waals surface area contributed by atoms with Crippen molar-refractivity contribution in [2.75, 3.05) is 13.1 Å². The van der Waals surface area contributed by atoms with Crippen molar-refractivity contribution < 1.29 is 68.8 Å². The zero-order valence-electron chi connectivity index (χ0n) is 31.0. The molecule has 1 unspecified atom stereocenters. The standard InChI is InChI=1S/C31H34F3N9O2.2C2HF3O2/c1-3-19(2)40-29(44)20-12-25(31(32,33)34)41-26(13-20)45-23-6-4-22(5-7-23)42-16-30(17-42,9-10-35)43-15-21(14-39-43)27-24-8-11-36-28(24)38-18-37-27;2*3-2(4,5)1(6)7/h8,11-15,18-19,22-23H,3-7,9,16-17H2,1-2H3,(H,40,44)(H,36,37,38);2*(H,6,7). The maximum Gasteiger partial charge on any atom is 0.490 e. The number of carbonyl (C=O) groups is 3.